The lowest BCUT2D eigenvalue weighted by Gasteiger charge is -2.23. The molecule has 36 heavy (non-hydrogen) atoms. The summed E-state index contributed by atoms with van der Waals surface area (Å²) in [4.78, 5) is 32.6. The number of benzene rings is 2. The Hall–Kier alpha value is -3.01. The number of hydrogen-bond acceptors (Lipinski definition) is 7. The van der Waals surface area contributed by atoms with Gasteiger partial charge in [0.1, 0.15) is 17.8 Å². The topological polar surface area (TPSA) is 102 Å². The van der Waals surface area contributed by atoms with Crippen molar-refractivity contribution in [1.82, 2.24) is 10.0 Å². The molecule has 0 saturated carbocycles. The van der Waals surface area contributed by atoms with Crippen molar-refractivity contribution in [3.63, 3.8) is 0 Å². The van der Waals surface area contributed by atoms with Gasteiger partial charge in [0.05, 0.1) is 24.9 Å². The summed E-state index contributed by atoms with van der Waals surface area (Å²) in [7, 11) is 0. The summed E-state index contributed by atoms with van der Waals surface area (Å²) in [6, 6.07) is 13.4. The second-order valence-electron chi connectivity index (χ2n) is 8.60. The molecule has 0 aliphatic rings. The average molecular weight is 559 g/mol. The van der Waals surface area contributed by atoms with Crippen molar-refractivity contribution in [2.75, 3.05) is 13.2 Å². The molecule has 3 aromatic rings. The number of aliphatic carboxylic acids is 1. The van der Waals surface area contributed by atoms with Crippen LogP contribution in [-0.2, 0) is 33.8 Å². The number of aromatic nitrogens is 1. The summed E-state index contributed by atoms with van der Waals surface area (Å²) in [5, 5.41) is 10.7. The van der Waals surface area contributed by atoms with Crippen molar-refractivity contribution >= 4 is 28.2 Å². The molecule has 2 aromatic carbocycles. The Morgan fingerprint density at radius 1 is 1.19 bits per heavy atom. The Kier molecular flexibility index (Phi) is 10.2. The number of nitrogens with zero attached hydrogens (tertiary/aromatic N) is 2. The van der Waals surface area contributed by atoms with Crippen molar-refractivity contribution in [3.8, 4) is 17.2 Å². The SMILES string of the molecule is Cc1oc(-c2cccc(Br)c2)nc1CCOc1ccc(CCC(=O)O)c(CN(CC=O)OC(C)C)c1. The maximum absolute atomic E-state index is 11.1. The van der Waals surface area contributed by atoms with E-state index < -0.39 is 5.97 Å². The molecule has 0 aliphatic heterocycles. The third kappa shape index (κ3) is 8.29. The number of carboxylic acids is 1. The van der Waals surface area contributed by atoms with E-state index in [1.807, 2.05) is 63.2 Å². The normalized spacial score (nSPS) is 11.3. The van der Waals surface area contributed by atoms with E-state index in [4.69, 9.17) is 19.1 Å². The molecule has 1 heterocycles. The second kappa shape index (κ2) is 13.3. The first-order chi connectivity index (χ1) is 17.2. The number of aldehydes is 1. The molecule has 0 unspecified atom stereocenters. The Balaban J connectivity index is 1.70. The zero-order chi connectivity index (χ0) is 26.1. The van der Waals surface area contributed by atoms with E-state index in [2.05, 4.69) is 20.9 Å². The van der Waals surface area contributed by atoms with Gasteiger partial charge in [0.15, 0.2) is 0 Å². The van der Waals surface area contributed by atoms with E-state index in [1.165, 1.54) is 0 Å². The monoisotopic (exact) mass is 558 g/mol. The molecule has 1 aromatic heterocycles. The minimum Gasteiger partial charge on any atom is -0.493 e. The minimum absolute atomic E-state index is 0.0116. The molecule has 0 spiro atoms. The maximum atomic E-state index is 11.1. The van der Waals surface area contributed by atoms with Crippen molar-refractivity contribution < 1.29 is 28.7 Å². The van der Waals surface area contributed by atoms with Crippen molar-refractivity contribution in [2.24, 2.45) is 0 Å². The Bertz CT molecular complexity index is 1180. The summed E-state index contributed by atoms with van der Waals surface area (Å²) in [5.74, 6) is 1.09. The second-order valence-corrected chi connectivity index (χ2v) is 9.51. The summed E-state index contributed by atoms with van der Waals surface area (Å²) in [6.07, 6.45) is 1.63. The van der Waals surface area contributed by atoms with Gasteiger partial charge in [-0.15, -0.1) is 0 Å². The van der Waals surface area contributed by atoms with Gasteiger partial charge in [-0.2, -0.15) is 5.06 Å². The number of halogens is 1. The zero-order valence-corrected chi connectivity index (χ0v) is 22.3. The van der Waals surface area contributed by atoms with Gasteiger partial charge in [0.25, 0.3) is 0 Å². The summed E-state index contributed by atoms with van der Waals surface area (Å²) in [6.45, 7) is 6.48. The average Bonchev–Trinajstić information content (AvgIpc) is 3.18. The fraction of sp³-hybridized carbons (Fsp3) is 0.370. The van der Waals surface area contributed by atoms with Crippen LogP contribution in [0.15, 0.2) is 51.4 Å². The zero-order valence-electron chi connectivity index (χ0n) is 20.7. The smallest absolute Gasteiger partial charge is 0.303 e. The highest BCUT2D eigenvalue weighted by Gasteiger charge is 2.15. The van der Waals surface area contributed by atoms with Crippen LogP contribution < -0.4 is 4.74 Å². The van der Waals surface area contributed by atoms with Crippen LogP contribution in [0.1, 0.15) is 42.8 Å². The summed E-state index contributed by atoms with van der Waals surface area (Å²) in [5.41, 5.74) is 3.44. The highest BCUT2D eigenvalue weighted by Crippen LogP contribution is 2.25. The molecule has 0 fully saturated rings. The number of ether oxygens (including phenoxy) is 1. The molecule has 0 radical (unpaired) electrons. The number of oxazole rings is 1. The molecule has 0 bridgehead atoms. The van der Waals surface area contributed by atoms with Crippen LogP contribution in [0.25, 0.3) is 11.5 Å². The predicted molar refractivity (Wildman–Crippen MR) is 139 cm³/mol. The molecule has 192 valence electrons. The van der Waals surface area contributed by atoms with Crippen LogP contribution in [-0.4, -0.2) is 46.7 Å². The Morgan fingerprint density at radius 3 is 2.69 bits per heavy atom. The van der Waals surface area contributed by atoms with Gasteiger partial charge in [0.2, 0.25) is 5.89 Å². The van der Waals surface area contributed by atoms with Gasteiger partial charge in [0, 0.05) is 29.4 Å². The third-order valence-corrected chi connectivity index (χ3v) is 5.84. The number of carboxylic acid groups (broad SMARTS) is 1. The van der Waals surface area contributed by atoms with Gasteiger partial charge < -0.3 is 19.1 Å². The fourth-order valence-corrected chi connectivity index (χ4v) is 4.11. The Morgan fingerprint density at radius 2 is 2.00 bits per heavy atom. The van der Waals surface area contributed by atoms with Crippen LogP contribution in [0.4, 0.5) is 0 Å². The molecule has 3 rings (SSSR count). The van der Waals surface area contributed by atoms with E-state index in [1.54, 1.807) is 5.06 Å². The van der Waals surface area contributed by atoms with Crippen molar-refractivity contribution in [2.45, 2.75) is 52.7 Å². The van der Waals surface area contributed by atoms with Gasteiger partial charge in [-0.25, -0.2) is 4.98 Å². The summed E-state index contributed by atoms with van der Waals surface area (Å²) < 4.78 is 12.8. The first kappa shape index (κ1) is 27.6. The lowest BCUT2D eigenvalue weighted by atomic mass is 10.0. The largest absolute Gasteiger partial charge is 0.493 e. The molecule has 0 saturated heterocycles. The highest BCUT2D eigenvalue weighted by atomic mass is 79.9. The molecule has 0 aliphatic carbocycles. The van der Waals surface area contributed by atoms with E-state index in [0.717, 1.165) is 38.9 Å². The van der Waals surface area contributed by atoms with Gasteiger partial charge >= 0.3 is 5.97 Å². The third-order valence-electron chi connectivity index (χ3n) is 5.34. The molecular weight excluding hydrogens is 528 g/mol. The number of hydroxylamine groups is 2. The molecule has 9 heteroatoms. The van der Waals surface area contributed by atoms with Crippen LogP contribution in [0, 0.1) is 6.92 Å². The predicted octanol–water partition coefficient (Wildman–Crippen LogP) is 5.39. The van der Waals surface area contributed by atoms with E-state index >= 15 is 0 Å². The molecular formula is C27H31BrN2O6. The number of hydrogen-bond donors (Lipinski definition) is 1. The van der Waals surface area contributed by atoms with Crippen molar-refractivity contribution in [3.05, 3.63) is 69.5 Å². The van der Waals surface area contributed by atoms with Crippen molar-refractivity contribution in [1.29, 1.82) is 0 Å². The summed E-state index contributed by atoms with van der Waals surface area (Å²) >= 11 is 3.47. The van der Waals surface area contributed by atoms with E-state index in [9.17, 15) is 9.59 Å². The number of carbonyl (C=O) groups excluding carboxylic acids is 1. The maximum Gasteiger partial charge on any atom is 0.303 e. The highest BCUT2D eigenvalue weighted by molar-refractivity contribution is 9.10. The lowest BCUT2D eigenvalue weighted by molar-refractivity contribution is -0.192. The first-order valence-corrected chi connectivity index (χ1v) is 12.6. The van der Waals surface area contributed by atoms with Gasteiger partial charge in [-0.05, 0) is 68.7 Å². The van der Waals surface area contributed by atoms with Crippen LogP contribution >= 0.6 is 15.9 Å². The minimum atomic E-state index is -0.866. The lowest BCUT2D eigenvalue weighted by Crippen LogP contribution is -2.29. The van der Waals surface area contributed by atoms with Crippen LogP contribution in [0.2, 0.25) is 0 Å². The first-order valence-electron chi connectivity index (χ1n) is 11.8. The molecule has 8 nitrogen and oxygen atoms in total. The number of rotatable bonds is 14. The molecule has 0 atom stereocenters. The Labute approximate surface area is 219 Å². The number of aryl methyl sites for hydroxylation is 2. The van der Waals surface area contributed by atoms with E-state index in [-0.39, 0.29) is 19.1 Å². The fourth-order valence-electron chi connectivity index (χ4n) is 3.71. The number of carbonyl (C=O) groups is 2. The van der Waals surface area contributed by atoms with E-state index in [0.29, 0.717) is 37.6 Å². The standard InChI is InChI=1S/C27H31BrN2O6/c1-18(2)36-30(12-13-31)17-22-16-24(9-7-20(22)8-10-26(32)33)34-14-11-25-19(3)35-27(29-25)21-5-4-6-23(28)15-21/h4-7,9,13,15-16,18H,8,10-12,14,17H2,1-3H3,(H,32,33). The van der Waals surface area contributed by atoms with Crippen LogP contribution in [0.3, 0.4) is 0 Å². The molecule has 1 N–H and O–H groups in total. The van der Waals surface area contributed by atoms with Gasteiger partial charge in [-0.3, -0.25) is 9.63 Å². The molecule has 0 amide bonds. The quantitative estimate of drug-likeness (QED) is 0.207. The van der Waals surface area contributed by atoms with Gasteiger partial charge in [-0.1, -0.05) is 28.1 Å². The van der Waals surface area contributed by atoms with Crippen LogP contribution in [0.5, 0.6) is 5.75 Å².